The molecule has 1 aromatic rings. The van der Waals surface area contributed by atoms with E-state index in [1.54, 1.807) is 28.0 Å². The highest BCUT2D eigenvalue weighted by atomic mass is 16.5. The van der Waals surface area contributed by atoms with Gasteiger partial charge in [-0.3, -0.25) is 9.59 Å². The van der Waals surface area contributed by atoms with Crippen LogP contribution in [0.1, 0.15) is 34.8 Å². The third kappa shape index (κ3) is 3.73. The Bertz CT molecular complexity index is 572. The van der Waals surface area contributed by atoms with E-state index >= 15 is 0 Å². The van der Waals surface area contributed by atoms with Crippen LogP contribution in [0.25, 0.3) is 0 Å². The summed E-state index contributed by atoms with van der Waals surface area (Å²) in [5.74, 6) is -0.315. The number of ether oxygens (including phenoxy) is 2. The molecule has 2 unspecified atom stereocenters. The van der Waals surface area contributed by atoms with Gasteiger partial charge in [0.05, 0.1) is 25.4 Å². The monoisotopic (exact) mass is 333 g/mol. The van der Waals surface area contributed by atoms with Crippen molar-refractivity contribution in [1.29, 1.82) is 0 Å². The zero-order chi connectivity index (χ0) is 17.1. The van der Waals surface area contributed by atoms with E-state index in [4.69, 9.17) is 9.47 Å². The predicted molar refractivity (Wildman–Crippen MR) is 86.9 cm³/mol. The van der Waals surface area contributed by atoms with Gasteiger partial charge in [0.15, 0.2) is 0 Å². The van der Waals surface area contributed by atoms with Crippen LogP contribution in [0.2, 0.25) is 0 Å². The van der Waals surface area contributed by atoms with Gasteiger partial charge in [-0.25, -0.2) is 4.98 Å². The molecule has 3 rings (SSSR count). The number of carbonyl (C=O) groups is 2. The molecular weight excluding hydrogens is 310 g/mol. The Kier molecular flexibility index (Phi) is 5.11. The Labute approximate surface area is 141 Å². The van der Waals surface area contributed by atoms with Gasteiger partial charge in [0.25, 0.3) is 11.8 Å². The normalized spacial score (nSPS) is 24.8. The number of amides is 2. The van der Waals surface area contributed by atoms with Crippen LogP contribution < -0.4 is 0 Å². The number of nitrogens with zero attached hydrogens (tertiary/aromatic N) is 3. The standard InChI is InChI=1S/C17H23N3O4/c1-12-10-19(6-8-23-12)16(21)14-4-3-5-15(18-14)17(22)20-7-9-24-13(2)11-20/h3-5,12-13H,6-11H2,1-2H3. The van der Waals surface area contributed by atoms with E-state index < -0.39 is 0 Å². The van der Waals surface area contributed by atoms with Crippen molar-refractivity contribution in [2.24, 2.45) is 0 Å². The third-order valence-electron chi connectivity index (χ3n) is 4.24. The van der Waals surface area contributed by atoms with Crippen LogP contribution >= 0.6 is 0 Å². The Morgan fingerprint density at radius 1 is 0.958 bits per heavy atom. The maximum absolute atomic E-state index is 12.6. The smallest absolute Gasteiger partial charge is 0.272 e. The van der Waals surface area contributed by atoms with Crippen LogP contribution in [0.15, 0.2) is 18.2 Å². The lowest BCUT2D eigenvalue weighted by Gasteiger charge is -2.31. The minimum Gasteiger partial charge on any atom is -0.375 e. The third-order valence-corrected chi connectivity index (χ3v) is 4.24. The van der Waals surface area contributed by atoms with E-state index in [1.165, 1.54) is 0 Å². The molecule has 1 aromatic heterocycles. The quantitative estimate of drug-likeness (QED) is 0.801. The molecule has 0 saturated carbocycles. The first-order valence-corrected chi connectivity index (χ1v) is 8.33. The van der Waals surface area contributed by atoms with Gasteiger partial charge in [-0.2, -0.15) is 0 Å². The topological polar surface area (TPSA) is 72.0 Å². The van der Waals surface area contributed by atoms with Crippen LogP contribution in [-0.4, -0.2) is 78.2 Å². The Morgan fingerprint density at radius 3 is 1.83 bits per heavy atom. The maximum atomic E-state index is 12.6. The molecule has 2 aliphatic heterocycles. The fourth-order valence-corrected chi connectivity index (χ4v) is 3.00. The van der Waals surface area contributed by atoms with Gasteiger partial charge < -0.3 is 19.3 Å². The summed E-state index contributed by atoms with van der Waals surface area (Å²) in [6.45, 7) is 7.10. The summed E-state index contributed by atoms with van der Waals surface area (Å²) >= 11 is 0. The van der Waals surface area contributed by atoms with Crippen molar-refractivity contribution in [3.05, 3.63) is 29.6 Å². The van der Waals surface area contributed by atoms with Crippen LogP contribution in [0.4, 0.5) is 0 Å². The number of morpholine rings is 2. The maximum Gasteiger partial charge on any atom is 0.272 e. The van der Waals surface area contributed by atoms with E-state index in [2.05, 4.69) is 4.98 Å². The van der Waals surface area contributed by atoms with Crippen molar-refractivity contribution in [3.63, 3.8) is 0 Å². The van der Waals surface area contributed by atoms with Crippen molar-refractivity contribution in [2.75, 3.05) is 39.4 Å². The van der Waals surface area contributed by atoms with E-state index in [0.29, 0.717) is 50.8 Å². The number of rotatable bonds is 2. The van der Waals surface area contributed by atoms with Crippen molar-refractivity contribution in [2.45, 2.75) is 26.1 Å². The molecule has 7 heteroatoms. The molecule has 2 atom stereocenters. The summed E-state index contributed by atoms with van der Waals surface area (Å²) in [6, 6.07) is 5.02. The highest BCUT2D eigenvalue weighted by Crippen LogP contribution is 2.12. The van der Waals surface area contributed by atoms with Crippen LogP contribution in [0.3, 0.4) is 0 Å². The molecule has 24 heavy (non-hydrogen) atoms. The number of hydrogen-bond acceptors (Lipinski definition) is 5. The van der Waals surface area contributed by atoms with E-state index in [9.17, 15) is 9.59 Å². The minimum atomic E-state index is -0.157. The second-order valence-corrected chi connectivity index (χ2v) is 6.27. The molecule has 3 heterocycles. The Morgan fingerprint density at radius 2 is 1.42 bits per heavy atom. The van der Waals surface area contributed by atoms with Crippen molar-refractivity contribution in [1.82, 2.24) is 14.8 Å². The summed E-state index contributed by atoms with van der Waals surface area (Å²) in [4.78, 5) is 33.0. The number of carbonyl (C=O) groups excluding carboxylic acids is 2. The molecule has 0 aromatic carbocycles. The number of hydrogen-bond donors (Lipinski definition) is 0. The van der Waals surface area contributed by atoms with Crippen molar-refractivity contribution < 1.29 is 19.1 Å². The fraction of sp³-hybridized carbons (Fsp3) is 0.588. The summed E-state index contributed by atoms with van der Waals surface area (Å²) in [6.07, 6.45) is 0.0321. The number of pyridine rings is 1. The van der Waals surface area contributed by atoms with Crippen molar-refractivity contribution >= 4 is 11.8 Å². The summed E-state index contributed by atoms with van der Waals surface area (Å²) in [5, 5.41) is 0. The first-order chi connectivity index (χ1) is 11.5. The molecule has 130 valence electrons. The molecule has 0 spiro atoms. The molecule has 0 aliphatic carbocycles. The summed E-state index contributed by atoms with van der Waals surface area (Å²) in [5.41, 5.74) is 0.604. The zero-order valence-corrected chi connectivity index (χ0v) is 14.1. The molecular formula is C17H23N3O4. The van der Waals surface area contributed by atoms with Crippen LogP contribution in [0.5, 0.6) is 0 Å². The molecule has 2 amide bonds. The minimum absolute atomic E-state index is 0.0161. The van der Waals surface area contributed by atoms with Gasteiger partial charge in [-0.15, -0.1) is 0 Å². The average molecular weight is 333 g/mol. The predicted octanol–water partition coefficient (Wildman–Crippen LogP) is 0.803. The SMILES string of the molecule is CC1CN(C(=O)c2cccc(C(=O)N3CCOC(C)C3)n2)CCO1. The Balaban J connectivity index is 1.73. The summed E-state index contributed by atoms with van der Waals surface area (Å²) < 4.78 is 10.9. The van der Waals surface area contributed by atoms with Crippen LogP contribution in [-0.2, 0) is 9.47 Å². The highest BCUT2D eigenvalue weighted by Gasteiger charge is 2.26. The van der Waals surface area contributed by atoms with Gasteiger partial charge in [0.1, 0.15) is 11.4 Å². The molecule has 7 nitrogen and oxygen atoms in total. The summed E-state index contributed by atoms with van der Waals surface area (Å²) in [7, 11) is 0. The van der Waals surface area contributed by atoms with E-state index in [0.717, 1.165) is 0 Å². The highest BCUT2D eigenvalue weighted by molar-refractivity contribution is 5.96. The molecule has 2 saturated heterocycles. The molecule has 0 radical (unpaired) electrons. The van der Waals surface area contributed by atoms with E-state index in [-0.39, 0.29) is 24.0 Å². The lowest BCUT2D eigenvalue weighted by Crippen LogP contribution is -2.45. The second kappa shape index (κ2) is 7.27. The average Bonchev–Trinajstić information content (AvgIpc) is 2.60. The first-order valence-electron chi connectivity index (χ1n) is 8.33. The molecule has 0 N–H and O–H groups in total. The van der Waals surface area contributed by atoms with Gasteiger partial charge in [0, 0.05) is 26.2 Å². The van der Waals surface area contributed by atoms with E-state index in [1.807, 2.05) is 13.8 Å². The largest absolute Gasteiger partial charge is 0.375 e. The fourth-order valence-electron chi connectivity index (χ4n) is 3.00. The molecule has 0 bridgehead atoms. The van der Waals surface area contributed by atoms with Gasteiger partial charge >= 0.3 is 0 Å². The van der Waals surface area contributed by atoms with Gasteiger partial charge in [0.2, 0.25) is 0 Å². The second-order valence-electron chi connectivity index (χ2n) is 6.27. The molecule has 2 fully saturated rings. The number of aromatic nitrogens is 1. The lowest BCUT2D eigenvalue weighted by atomic mass is 10.2. The zero-order valence-electron chi connectivity index (χ0n) is 14.1. The van der Waals surface area contributed by atoms with Crippen molar-refractivity contribution in [3.8, 4) is 0 Å². The van der Waals surface area contributed by atoms with Gasteiger partial charge in [-0.1, -0.05) is 6.07 Å². The Hall–Kier alpha value is -1.99. The lowest BCUT2D eigenvalue weighted by molar-refractivity contribution is -0.0132. The van der Waals surface area contributed by atoms with Crippen LogP contribution in [0, 0.1) is 0 Å². The van der Waals surface area contributed by atoms with Gasteiger partial charge in [-0.05, 0) is 26.0 Å². The first kappa shape index (κ1) is 16.9. The molecule has 2 aliphatic rings.